The first kappa shape index (κ1) is 20.7. The van der Waals surface area contributed by atoms with E-state index in [9.17, 15) is 0 Å². The number of halogens is 1. The number of nitrogens with zero attached hydrogens (tertiary/aromatic N) is 3. The third kappa shape index (κ3) is 4.88. The fourth-order valence-corrected chi connectivity index (χ4v) is 3.82. The van der Waals surface area contributed by atoms with Crippen molar-refractivity contribution in [3.05, 3.63) is 57.9 Å². The van der Waals surface area contributed by atoms with Crippen LogP contribution in [-0.4, -0.2) is 24.5 Å². The van der Waals surface area contributed by atoms with Gasteiger partial charge in [0.25, 0.3) is 8.32 Å². The molecule has 0 amide bonds. The highest BCUT2D eigenvalue weighted by molar-refractivity contribution is 14.1. The molecule has 3 aromatic rings. The van der Waals surface area contributed by atoms with Crippen LogP contribution >= 0.6 is 22.6 Å². The van der Waals surface area contributed by atoms with Crippen molar-refractivity contribution in [3.63, 3.8) is 0 Å². The van der Waals surface area contributed by atoms with E-state index in [4.69, 9.17) is 9.41 Å². The summed E-state index contributed by atoms with van der Waals surface area (Å²) in [6.07, 6.45) is 3.45. The number of nitrogens with one attached hydrogen (secondary N) is 1. The van der Waals surface area contributed by atoms with Crippen LogP contribution in [0.5, 0.6) is 5.75 Å². The molecule has 0 aliphatic carbocycles. The molecule has 146 valence electrons. The highest BCUT2D eigenvalue weighted by atomic mass is 127. The van der Waals surface area contributed by atoms with Crippen molar-refractivity contribution in [2.24, 2.45) is 5.10 Å². The van der Waals surface area contributed by atoms with Gasteiger partial charge >= 0.3 is 0 Å². The molecule has 3 rings (SSSR count). The van der Waals surface area contributed by atoms with Crippen molar-refractivity contribution in [2.45, 2.75) is 38.9 Å². The van der Waals surface area contributed by atoms with Crippen LogP contribution in [0.2, 0.25) is 18.1 Å². The van der Waals surface area contributed by atoms with E-state index in [2.05, 4.69) is 78.0 Å². The molecule has 5 nitrogen and oxygen atoms in total. The molecule has 0 atom stereocenters. The fraction of sp³-hybridized carbons (Fsp3) is 0.286. The Morgan fingerprint density at radius 1 is 1.14 bits per heavy atom. The topological polar surface area (TPSA) is 59.4 Å². The van der Waals surface area contributed by atoms with Crippen molar-refractivity contribution >= 4 is 53.8 Å². The lowest BCUT2D eigenvalue weighted by Gasteiger charge is -2.36. The fourth-order valence-electron chi connectivity index (χ4n) is 2.35. The van der Waals surface area contributed by atoms with Crippen LogP contribution in [0.15, 0.2) is 53.8 Å². The average Bonchev–Trinajstić information content (AvgIpc) is 2.61. The minimum atomic E-state index is -1.95. The number of pyridine rings is 2. The molecule has 0 unspecified atom stereocenters. The molecule has 0 radical (unpaired) electrons. The summed E-state index contributed by atoms with van der Waals surface area (Å²) >= 11 is 2.24. The summed E-state index contributed by atoms with van der Waals surface area (Å²) in [5.74, 6) is 1.54. The Morgan fingerprint density at radius 2 is 1.93 bits per heavy atom. The van der Waals surface area contributed by atoms with Crippen molar-refractivity contribution in [1.29, 1.82) is 0 Å². The van der Waals surface area contributed by atoms with Gasteiger partial charge in [-0.1, -0.05) is 39.0 Å². The quantitative estimate of drug-likeness (QED) is 0.199. The number of para-hydroxylation sites is 1. The summed E-state index contributed by atoms with van der Waals surface area (Å²) in [5, 5.41) is 5.45. The molecule has 0 saturated heterocycles. The first-order chi connectivity index (χ1) is 13.2. The van der Waals surface area contributed by atoms with Gasteiger partial charge in [0, 0.05) is 15.2 Å². The largest absolute Gasteiger partial charge is 0.542 e. The molecule has 28 heavy (non-hydrogen) atoms. The lowest BCUT2D eigenvalue weighted by molar-refractivity contribution is 0.495. The van der Waals surface area contributed by atoms with Crippen LogP contribution in [0.25, 0.3) is 10.9 Å². The highest BCUT2D eigenvalue weighted by Gasteiger charge is 2.39. The molecule has 2 aromatic heterocycles. The molecule has 0 aliphatic rings. The van der Waals surface area contributed by atoms with E-state index in [-0.39, 0.29) is 5.04 Å². The van der Waals surface area contributed by atoms with E-state index < -0.39 is 8.32 Å². The summed E-state index contributed by atoms with van der Waals surface area (Å²) in [7, 11) is -1.95. The van der Waals surface area contributed by atoms with E-state index in [0.29, 0.717) is 5.82 Å². The second kappa shape index (κ2) is 8.16. The maximum absolute atomic E-state index is 6.53. The van der Waals surface area contributed by atoms with Gasteiger partial charge in [0.15, 0.2) is 0 Å². The number of aromatic nitrogens is 2. The highest BCUT2D eigenvalue weighted by Crippen LogP contribution is 2.38. The number of rotatable bonds is 5. The molecule has 0 fully saturated rings. The van der Waals surface area contributed by atoms with Gasteiger partial charge in [0.2, 0.25) is 0 Å². The second-order valence-corrected chi connectivity index (χ2v) is 14.1. The third-order valence-electron chi connectivity index (χ3n) is 4.97. The van der Waals surface area contributed by atoms with Crippen LogP contribution in [0.3, 0.4) is 0 Å². The molecule has 0 saturated carbocycles. The summed E-state index contributed by atoms with van der Waals surface area (Å²) in [6, 6.07) is 13.9. The van der Waals surface area contributed by atoms with Crippen LogP contribution in [0, 0.1) is 3.57 Å². The number of fused-ring (bicyclic) bond motifs is 1. The molecular formula is C21H25IN4OSi. The summed E-state index contributed by atoms with van der Waals surface area (Å²) < 4.78 is 7.63. The Balaban J connectivity index is 1.87. The average molecular weight is 504 g/mol. The lowest BCUT2D eigenvalue weighted by atomic mass is 10.2. The number of hydrogen-bond acceptors (Lipinski definition) is 5. The summed E-state index contributed by atoms with van der Waals surface area (Å²) in [4.78, 5) is 9.01. The van der Waals surface area contributed by atoms with Crippen molar-refractivity contribution in [1.82, 2.24) is 9.97 Å². The molecule has 7 heteroatoms. The molecule has 0 spiro atoms. The van der Waals surface area contributed by atoms with Gasteiger partial charge in [-0.05, 0) is 65.0 Å². The Bertz CT molecular complexity index is 1010. The minimum Gasteiger partial charge on any atom is -0.542 e. The zero-order valence-corrected chi connectivity index (χ0v) is 20.0. The first-order valence-corrected chi connectivity index (χ1v) is 13.1. The van der Waals surface area contributed by atoms with Gasteiger partial charge in [-0.15, -0.1) is 0 Å². The van der Waals surface area contributed by atoms with Gasteiger partial charge in [0.1, 0.15) is 17.1 Å². The molecule has 0 aliphatic heterocycles. The number of benzene rings is 1. The predicted molar refractivity (Wildman–Crippen MR) is 128 cm³/mol. The molecule has 0 bridgehead atoms. The van der Waals surface area contributed by atoms with E-state index in [1.165, 1.54) is 0 Å². The van der Waals surface area contributed by atoms with Gasteiger partial charge in [-0.3, -0.25) is 5.43 Å². The SMILES string of the molecule is CC(C)(C)[Si](C)(C)Oc1cccc2ccc(C=NNc3cc(I)ccn3)nc12. The molecule has 2 heterocycles. The standard InChI is InChI=1S/C21H25IN4OSi/c1-21(2,3)28(4,5)27-18-8-6-7-15-9-10-17(25-20(15)18)14-24-26-19-13-16(22)11-12-23-19/h6-14H,1-5H3,(H,23,26). The van der Waals surface area contributed by atoms with Gasteiger partial charge < -0.3 is 4.43 Å². The predicted octanol–water partition coefficient (Wildman–Crippen LogP) is 6.06. The van der Waals surface area contributed by atoms with Crippen LogP contribution in [-0.2, 0) is 0 Å². The van der Waals surface area contributed by atoms with Gasteiger partial charge in [0.05, 0.1) is 11.9 Å². The Labute approximate surface area is 180 Å². The summed E-state index contributed by atoms with van der Waals surface area (Å²) in [6.45, 7) is 11.2. The van der Waals surface area contributed by atoms with E-state index in [1.807, 2.05) is 36.4 Å². The zero-order chi connectivity index (χ0) is 20.4. The van der Waals surface area contributed by atoms with Crippen molar-refractivity contribution < 1.29 is 4.43 Å². The van der Waals surface area contributed by atoms with E-state index >= 15 is 0 Å². The number of anilines is 1. The number of hydrogen-bond donors (Lipinski definition) is 1. The third-order valence-corrected chi connectivity index (χ3v) is 9.99. The van der Waals surface area contributed by atoms with Crippen molar-refractivity contribution in [2.75, 3.05) is 5.43 Å². The number of hydrazone groups is 1. The van der Waals surface area contributed by atoms with Crippen LogP contribution in [0.1, 0.15) is 26.5 Å². The smallest absolute Gasteiger partial charge is 0.250 e. The Kier molecular flexibility index (Phi) is 6.04. The summed E-state index contributed by atoms with van der Waals surface area (Å²) in [5.41, 5.74) is 4.57. The maximum Gasteiger partial charge on any atom is 0.250 e. The first-order valence-electron chi connectivity index (χ1n) is 9.15. The van der Waals surface area contributed by atoms with E-state index in [1.54, 1.807) is 12.4 Å². The molecular weight excluding hydrogens is 479 g/mol. The molecule has 1 N–H and O–H groups in total. The van der Waals surface area contributed by atoms with Crippen LogP contribution < -0.4 is 9.85 Å². The van der Waals surface area contributed by atoms with Crippen LogP contribution in [0.4, 0.5) is 5.82 Å². The van der Waals surface area contributed by atoms with Gasteiger partial charge in [-0.25, -0.2) is 9.97 Å². The van der Waals surface area contributed by atoms with Gasteiger partial charge in [-0.2, -0.15) is 5.10 Å². The minimum absolute atomic E-state index is 0.123. The normalized spacial score (nSPS) is 12.5. The zero-order valence-electron chi connectivity index (χ0n) is 16.8. The van der Waals surface area contributed by atoms with E-state index in [0.717, 1.165) is 25.9 Å². The lowest BCUT2D eigenvalue weighted by Crippen LogP contribution is -2.43. The van der Waals surface area contributed by atoms with Crippen molar-refractivity contribution in [3.8, 4) is 5.75 Å². The Hall–Kier alpha value is -2.00. The second-order valence-electron chi connectivity index (χ2n) is 8.16. The molecule has 1 aromatic carbocycles. The monoisotopic (exact) mass is 504 g/mol. The Morgan fingerprint density at radius 3 is 2.64 bits per heavy atom. The maximum atomic E-state index is 6.53.